The van der Waals surface area contributed by atoms with Crippen LogP contribution in [0.4, 0.5) is 16.2 Å². The van der Waals surface area contributed by atoms with Gasteiger partial charge in [0.25, 0.3) is 0 Å². The van der Waals surface area contributed by atoms with Crippen LogP contribution in [-0.4, -0.2) is 70.7 Å². The van der Waals surface area contributed by atoms with Gasteiger partial charge in [-0.15, -0.1) is 0 Å². The molecule has 9 heteroatoms. The molecule has 0 aliphatic carbocycles. The van der Waals surface area contributed by atoms with Gasteiger partial charge in [0.15, 0.2) is 0 Å². The van der Waals surface area contributed by atoms with E-state index >= 15 is 0 Å². The summed E-state index contributed by atoms with van der Waals surface area (Å²) in [6, 6.07) is 17.8. The van der Waals surface area contributed by atoms with Crippen molar-refractivity contribution >= 4 is 23.3 Å². The first kappa shape index (κ1) is 28.1. The highest BCUT2D eigenvalue weighted by Crippen LogP contribution is 2.29. The normalized spacial score (nSPS) is 18.3. The van der Waals surface area contributed by atoms with Crippen LogP contribution in [-0.2, 0) is 17.8 Å². The maximum Gasteiger partial charge on any atom is 0.323 e. The number of aliphatic hydroxyl groups excluding tert-OH is 1. The second kappa shape index (κ2) is 13.2. The number of likely N-dealkylation sites (N-methyl/N-ethyl adjacent to an activating group) is 1. The Labute approximate surface area is 229 Å². The Morgan fingerprint density at radius 2 is 1.85 bits per heavy atom. The lowest BCUT2D eigenvalue weighted by Gasteiger charge is -2.34. The van der Waals surface area contributed by atoms with Crippen molar-refractivity contribution < 1.29 is 19.4 Å². The Bertz CT molecular complexity index is 1240. The number of hydrogen-bond acceptors (Lipinski definition) is 6. The molecule has 3 N–H and O–H groups in total. The van der Waals surface area contributed by atoms with Crippen molar-refractivity contribution in [3.8, 4) is 5.75 Å². The number of carbonyl (C=O) groups excluding carboxylic acids is 2. The number of pyridine rings is 1. The van der Waals surface area contributed by atoms with Gasteiger partial charge in [-0.3, -0.25) is 14.7 Å². The van der Waals surface area contributed by atoms with Gasteiger partial charge in [0.2, 0.25) is 5.91 Å². The number of urea groups is 1. The Morgan fingerprint density at radius 3 is 2.56 bits per heavy atom. The molecule has 0 spiro atoms. The van der Waals surface area contributed by atoms with E-state index in [-0.39, 0.29) is 43.0 Å². The number of para-hydroxylation sites is 1. The number of nitrogens with one attached hydrogen (secondary N) is 2. The maximum atomic E-state index is 13.4. The molecule has 39 heavy (non-hydrogen) atoms. The van der Waals surface area contributed by atoms with E-state index in [0.29, 0.717) is 35.8 Å². The molecule has 3 atom stereocenters. The standard InChI is InChI=1S/C30H37N5O4/c1-21-17-35(22(2)20-36)29(37)16-24-15-26(33-30(38)32-25-7-5-4-6-8-25)9-10-27(24)39-28(21)19-34(3)18-23-11-13-31-14-12-23/h4-15,21-22,28,36H,16-20H2,1-3H3,(H2,32,33,38)/t21-,22-,28+/m0/s1. The lowest BCUT2D eigenvalue weighted by Crippen LogP contribution is -2.47. The molecular weight excluding hydrogens is 494 g/mol. The molecule has 0 saturated carbocycles. The molecular formula is C30H37N5O4. The molecule has 1 aromatic heterocycles. The van der Waals surface area contributed by atoms with Gasteiger partial charge < -0.3 is 25.4 Å². The first-order valence-corrected chi connectivity index (χ1v) is 13.2. The summed E-state index contributed by atoms with van der Waals surface area (Å²) in [6.45, 7) is 5.63. The largest absolute Gasteiger partial charge is 0.488 e. The molecule has 0 bridgehead atoms. The van der Waals surface area contributed by atoms with E-state index in [0.717, 1.165) is 12.1 Å². The number of fused-ring (bicyclic) bond motifs is 1. The van der Waals surface area contributed by atoms with E-state index in [1.165, 1.54) is 0 Å². The lowest BCUT2D eigenvalue weighted by molar-refractivity contribution is -0.134. The number of aliphatic hydroxyl groups is 1. The highest BCUT2D eigenvalue weighted by Gasteiger charge is 2.31. The molecule has 4 rings (SSSR count). The summed E-state index contributed by atoms with van der Waals surface area (Å²) in [5.41, 5.74) is 3.07. The molecule has 3 aromatic rings. The van der Waals surface area contributed by atoms with Crippen molar-refractivity contribution in [1.29, 1.82) is 0 Å². The summed E-state index contributed by atoms with van der Waals surface area (Å²) in [7, 11) is 2.04. The quantitative estimate of drug-likeness (QED) is 0.406. The Hall–Kier alpha value is -3.95. The van der Waals surface area contributed by atoms with Crippen molar-refractivity contribution in [1.82, 2.24) is 14.8 Å². The third-order valence-corrected chi connectivity index (χ3v) is 6.90. The zero-order valence-corrected chi connectivity index (χ0v) is 22.7. The number of anilines is 2. The molecule has 2 heterocycles. The van der Waals surface area contributed by atoms with Crippen molar-refractivity contribution in [3.63, 3.8) is 0 Å². The minimum atomic E-state index is -0.378. The fourth-order valence-corrected chi connectivity index (χ4v) is 4.71. The van der Waals surface area contributed by atoms with Gasteiger partial charge in [-0.1, -0.05) is 25.1 Å². The smallest absolute Gasteiger partial charge is 0.323 e. The number of carbonyl (C=O) groups is 2. The number of rotatable bonds is 8. The van der Waals surface area contributed by atoms with Crippen LogP contribution in [0.25, 0.3) is 0 Å². The first-order chi connectivity index (χ1) is 18.8. The van der Waals surface area contributed by atoms with Crippen LogP contribution in [0, 0.1) is 5.92 Å². The number of ether oxygens (including phenoxy) is 1. The number of benzene rings is 2. The first-order valence-electron chi connectivity index (χ1n) is 13.2. The number of nitrogens with zero attached hydrogens (tertiary/aromatic N) is 3. The number of hydrogen-bond donors (Lipinski definition) is 3. The van der Waals surface area contributed by atoms with Crippen LogP contribution >= 0.6 is 0 Å². The van der Waals surface area contributed by atoms with Crippen LogP contribution in [0.5, 0.6) is 5.75 Å². The van der Waals surface area contributed by atoms with Crippen molar-refractivity contribution in [2.45, 2.75) is 39.0 Å². The molecule has 0 saturated heterocycles. The van der Waals surface area contributed by atoms with Gasteiger partial charge in [-0.05, 0) is 62.0 Å². The van der Waals surface area contributed by atoms with Crippen LogP contribution in [0.3, 0.4) is 0 Å². The molecule has 206 valence electrons. The molecule has 1 aliphatic rings. The van der Waals surface area contributed by atoms with Gasteiger partial charge in [-0.25, -0.2) is 4.79 Å². The van der Waals surface area contributed by atoms with Gasteiger partial charge in [0, 0.05) is 54.9 Å². The van der Waals surface area contributed by atoms with Crippen molar-refractivity contribution in [2.75, 3.05) is 37.4 Å². The topological polar surface area (TPSA) is 107 Å². The average Bonchev–Trinajstić information content (AvgIpc) is 2.97. The van der Waals surface area contributed by atoms with Gasteiger partial charge in [-0.2, -0.15) is 0 Å². The summed E-state index contributed by atoms with van der Waals surface area (Å²) in [4.78, 5) is 34.0. The van der Waals surface area contributed by atoms with Crippen molar-refractivity contribution in [3.05, 3.63) is 84.2 Å². The monoisotopic (exact) mass is 531 g/mol. The number of amides is 3. The molecule has 1 aliphatic heterocycles. The van der Waals surface area contributed by atoms with E-state index in [1.807, 2.05) is 50.4 Å². The van der Waals surface area contributed by atoms with E-state index in [2.05, 4.69) is 27.4 Å². The van der Waals surface area contributed by atoms with Crippen LogP contribution in [0.1, 0.15) is 25.0 Å². The summed E-state index contributed by atoms with van der Waals surface area (Å²) in [5, 5.41) is 15.5. The highest BCUT2D eigenvalue weighted by atomic mass is 16.5. The Kier molecular flexibility index (Phi) is 9.51. The fourth-order valence-electron chi connectivity index (χ4n) is 4.71. The second-order valence-corrected chi connectivity index (χ2v) is 10.2. The zero-order valence-electron chi connectivity index (χ0n) is 22.7. The average molecular weight is 532 g/mol. The molecule has 0 fully saturated rings. The van der Waals surface area contributed by atoms with E-state index in [4.69, 9.17) is 4.74 Å². The predicted molar refractivity (Wildman–Crippen MR) is 152 cm³/mol. The summed E-state index contributed by atoms with van der Waals surface area (Å²) in [6.07, 6.45) is 3.45. The van der Waals surface area contributed by atoms with Crippen LogP contribution < -0.4 is 15.4 Å². The molecule has 0 unspecified atom stereocenters. The minimum Gasteiger partial charge on any atom is -0.488 e. The SMILES string of the molecule is C[C@H]1CN([C@@H](C)CO)C(=O)Cc2cc(NC(=O)Nc3ccccc3)ccc2O[C@@H]1CN(C)Cc1ccncc1. The lowest BCUT2D eigenvalue weighted by atomic mass is 10.0. The summed E-state index contributed by atoms with van der Waals surface area (Å²) in [5.74, 6) is 0.526. The van der Waals surface area contributed by atoms with Gasteiger partial charge >= 0.3 is 6.03 Å². The molecule has 3 amide bonds. The Morgan fingerprint density at radius 1 is 1.13 bits per heavy atom. The van der Waals surface area contributed by atoms with E-state index < -0.39 is 0 Å². The van der Waals surface area contributed by atoms with Crippen LogP contribution in [0.15, 0.2) is 73.1 Å². The van der Waals surface area contributed by atoms with Gasteiger partial charge in [0.05, 0.1) is 19.1 Å². The van der Waals surface area contributed by atoms with E-state index in [1.54, 1.807) is 41.6 Å². The maximum absolute atomic E-state index is 13.4. The molecule has 9 nitrogen and oxygen atoms in total. The minimum absolute atomic E-state index is 0.00300. The number of aromatic nitrogens is 1. The second-order valence-electron chi connectivity index (χ2n) is 10.2. The fraction of sp³-hybridized carbons (Fsp3) is 0.367. The summed E-state index contributed by atoms with van der Waals surface area (Å²) >= 11 is 0. The zero-order chi connectivity index (χ0) is 27.8. The predicted octanol–water partition coefficient (Wildman–Crippen LogP) is 4.01. The van der Waals surface area contributed by atoms with Crippen molar-refractivity contribution in [2.24, 2.45) is 5.92 Å². The Balaban J connectivity index is 1.56. The third kappa shape index (κ3) is 7.78. The van der Waals surface area contributed by atoms with Crippen LogP contribution in [0.2, 0.25) is 0 Å². The van der Waals surface area contributed by atoms with E-state index in [9.17, 15) is 14.7 Å². The molecule has 0 radical (unpaired) electrons. The third-order valence-electron chi connectivity index (χ3n) is 6.90. The molecule has 2 aromatic carbocycles. The summed E-state index contributed by atoms with van der Waals surface area (Å²) < 4.78 is 6.58. The highest BCUT2D eigenvalue weighted by molar-refractivity contribution is 5.99. The van der Waals surface area contributed by atoms with Gasteiger partial charge in [0.1, 0.15) is 11.9 Å².